The fourth-order valence-corrected chi connectivity index (χ4v) is 7.35. The molecule has 0 unspecified atom stereocenters. The van der Waals surface area contributed by atoms with Crippen molar-refractivity contribution in [3.63, 3.8) is 0 Å². The van der Waals surface area contributed by atoms with E-state index in [1.807, 2.05) is 11.3 Å². The van der Waals surface area contributed by atoms with E-state index in [0.717, 1.165) is 12.8 Å². The number of benzene rings is 5. The molecule has 0 saturated carbocycles. The van der Waals surface area contributed by atoms with E-state index in [2.05, 4.69) is 135 Å². The summed E-state index contributed by atoms with van der Waals surface area (Å²) in [6.07, 6.45) is 9.45. The van der Waals surface area contributed by atoms with Gasteiger partial charge in [0.1, 0.15) is 0 Å². The second-order valence-corrected chi connectivity index (χ2v) is 11.7. The van der Waals surface area contributed by atoms with Crippen LogP contribution >= 0.6 is 11.3 Å². The van der Waals surface area contributed by atoms with E-state index in [0.29, 0.717) is 0 Å². The Balaban J connectivity index is 1.51. The molecule has 1 aliphatic carbocycles. The van der Waals surface area contributed by atoms with E-state index in [1.54, 1.807) is 0 Å². The van der Waals surface area contributed by atoms with Gasteiger partial charge in [0, 0.05) is 9.58 Å². The molecular weight excluding hydrogens is 488 g/mol. The minimum absolute atomic E-state index is 1.07. The number of thiophene rings is 1. The van der Waals surface area contributed by atoms with Crippen molar-refractivity contribution in [3.8, 4) is 0 Å². The van der Waals surface area contributed by atoms with Gasteiger partial charge in [0.25, 0.3) is 0 Å². The van der Waals surface area contributed by atoms with Crippen molar-refractivity contribution in [2.75, 3.05) is 0 Å². The van der Waals surface area contributed by atoms with E-state index in [9.17, 15) is 0 Å². The molecule has 188 valence electrons. The molecule has 39 heavy (non-hydrogen) atoms. The molecule has 1 aliphatic rings. The quantitative estimate of drug-likeness (QED) is 0.204. The second kappa shape index (κ2) is 9.84. The Morgan fingerprint density at radius 1 is 0.615 bits per heavy atom. The third kappa shape index (κ3) is 4.06. The molecule has 0 nitrogen and oxygen atoms in total. The van der Waals surface area contributed by atoms with Gasteiger partial charge in [0.2, 0.25) is 0 Å². The van der Waals surface area contributed by atoms with Gasteiger partial charge in [-0.2, -0.15) is 0 Å². The van der Waals surface area contributed by atoms with Crippen LogP contribution in [0.2, 0.25) is 0 Å². The highest BCUT2D eigenvalue weighted by Crippen LogP contribution is 2.45. The number of hydrogen-bond acceptors (Lipinski definition) is 1. The minimum atomic E-state index is 1.07. The third-order valence-electron chi connectivity index (χ3n) is 8.01. The van der Waals surface area contributed by atoms with Crippen molar-refractivity contribution in [1.29, 1.82) is 0 Å². The van der Waals surface area contributed by atoms with E-state index in [4.69, 9.17) is 0 Å². The van der Waals surface area contributed by atoms with Crippen molar-refractivity contribution < 1.29 is 0 Å². The molecule has 0 atom stereocenters. The lowest BCUT2D eigenvalue weighted by Crippen LogP contribution is -1.99. The average molecular weight is 519 g/mol. The van der Waals surface area contributed by atoms with Gasteiger partial charge in [-0.25, -0.2) is 0 Å². The Bertz CT molecular complexity index is 1900. The molecule has 0 aliphatic heterocycles. The van der Waals surface area contributed by atoms with Crippen molar-refractivity contribution in [2.24, 2.45) is 0 Å². The summed E-state index contributed by atoms with van der Waals surface area (Å²) in [5.41, 5.74) is 9.32. The Kier molecular flexibility index (Phi) is 6.02. The topological polar surface area (TPSA) is 0 Å². The summed E-state index contributed by atoms with van der Waals surface area (Å²) in [5, 5.41) is 6.61. The van der Waals surface area contributed by atoms with Crippen LogP contribution in [0.3, 0.4) is 0 Å². The highest BCUT2D eigenvalue weighted by Gasteiger charge is 2.21. The third-order valence-corrected chi connectivity index (χ3v) is 9.12. The van der Waals surface area contributed by atoms with Gasteiger partial charge in [-0.1, -0.05) is 109 Å². The van der Waals surface area contributed by atoms with Gasteiger partial charge >= 0.3 is 0 Å². The molecule has 0 spiro atoms. The van der Waals surface area contributed by atoms with Gasteiger partial charge < -0.3 is 0 Å². The molecule has 0 amide bonds. The van der Waals surface area contributed by atoms with Crippen molar-refractivity contribution in [3.05, 3.63) is 142 Å². The lowest BCUT2D eigenvalue weighted by molar-refractivity contribution is 1.04. The fourth-order valence-electron chi connectivity index (χ4n) is 6.30. The molecule has 6 aromatic rings. The van der Waals surface area contributed by atoms with Crippen LogP contribution in [0.1, 0.15) is 46.9 Å². The molecule has 0 fully saturated rings. The van der Waals surface area contributed by atoms with Gasteiger partial charge in [0.15, 0.2) is 0 Å². The molecule has 1 heteroatoms. The van der Waals surface area contributed by atoms with Gasteiger partial charge in [0.05, 0.1) is 0 Å². The first-order valence-corrected chi connectivity index (χ1v) is 14.6. The first kappa shape index (κ1) is 23.9. The SMILES string of the molecule is C/C(=C\c1c(C)sc2ccccc12)c1c2ccccc2c(C2=CCCC=C2c2ccccc2)c2ccccc12. The molecule has 1 heterocycles. The zero-order valence-corrected chi connectivity index (χ0v) is 23.2. The normalized spacial score (nSPS) is 14.2. The van der Waals surface area contributed by atoms with Crippen molar-refractivity contribution >= 4 is 65.8 Å². The zero-order chi connectivity index (χ0) is 26.3. The van der Waals surface area contributed by atoms with Gasteiger partial charge in [-0.05, 0) is 105 Å². The highest BCUT2D eigenvalue weighted by atomic mass is 32.1. The van der Waals surface area contributed by atoms with Crippen LogP contribution in [0.25, 0.3) is 54.4 Å². The fraction of sp³-hybridized carbons (Fsp3) is 0.105. The molecular formula is C38H30S. The van der Waals surface area contributed by atoms with Crippen LogP contribution in [0.4, 0.5) is 0 Å². The van der Waals surface area contributed by atoms with Crippen LogP contribution in [-0.4, -0.2) is 0 Å². The number of fused-ring (bicyclic) bond motifs is 3. The highest BCUT2D eigenvalue weighted by molar-refractivity contribution is 7.19. The number of allylic oxidation sites excluding steroid dienone is 5. The monoisotopic (exact) mass is 518 g/mol. The number of hydrogen-bond donors (Lipinski definition) is 0. The molecule has 1 aromatic heterocycles. The van der Waals surface area contributed by atoms with Crippen LogP contribution in [0.5, 0.6) is 0 Å². The maximum absolute atomic E-state index is 2.46. The molecule has 0 radical (unpaired) electrons. The number of rotatable bonds is 4. The summed E-state index contributed by atoms with van der Waals surface area (Å²) < 4.78 is 1.35. The average Bonchev–Trinajstić information content (AvgIpc) is 3.30. The lowest BCUT2D eigenvalue weighted by Gasteiger charge is -2.23. The second-order valence-electron chi connectivity index (χ2n) is 10.4. The van der Waals surface area contributed by atoms with Crippen LogP contribution < -0.4 is 0 Å². The van der Waals surface area contributed by atoms with Crippen LogP contribution in [0, 0.1) is 6.92 Å². The van der Waals surface area contributed by atoms with Gasteiger partial charge in [-0.3, -0.25) is 0 Å². The van der Waals surface area contributed by atoms with Crippen LogP contribution in [0.15, 0.2) is 115 Å². The Morgan fingerprint density at radius 3 is 1.82 bits per heavy atom. The van der Waals surface area contributed by atoms with Crippen LogP contribution in [-0.2, 0) is 0 Å². The Morgan fingerprint density at radius 2 is 1.15 bits per heavy atom. The van der Waals surface area contributed by atoms with Gasteiger partial charge in [-0.15, -0.1) is 11.3 Å². The van der Waals surface area contributed by atoms with E-state index < -0.39 is 0 Å². The zero-order valence-electron chi connectivity index (χ0n) is 22.4. The van der Waals surface area contributed by atoms with E-state index in [-0.39, 0.29) is 0 Å². The predicted molar refractivity (Wildman–Crippen MR) is 173 cm³/mol. The molecule has 0 saturated heterocycles. The summed E-state index contributed by atoms with van der Waals surface area (Å²) >= 11 is 1.88. The molecule has 0 bridgehead atoms. The molecule has 0 N–H and O–H groups in total. The van der Waals surface area contributed by atoms with E-state index in [1.165, 1.54) is 75.5 Å². The lowest BCUT2D eigenvalue weighted by atomic mass is 9.80. The summed E-state index contributed by atoms with van der Waals surface area (Å²) in [6.45, 7) is 4.53. The van der Waals surface area contributed by atoms with Crippen molar-refractivity contribution in [1.82, 2.24) is 0 Å². The Labute approximate surface area is 234 Å². The predicted octanol–water partition coefficient (Wildman–Crippen LogP) is 11.3. The number of aryl methyl sites for hydroxylation is 1. The smallest absolute Gasteiger partial charge is 0.0351 e. The molecule has 5 aromatic carbocycles. The minimum Gasteiger partial charge on any atom is -0.140 e. The maximum Gasteiger partial charge on any atom is 0.0351 e. The molecule has 7 rings (SSSR count). The Hall–Kier alpha value is -4.20. The van der Waals surface area contributed by atoms with E-state index >= 15 is 0 Å². The summed E-state index contributed by atoms with van der Waals surface area (Å²) in [6, 6.07) is 37.6. The first-order valence-electron chi connectivity index (χ1n) is 13.8. The largest absolute Gasteiger partial charge is 0.140 e. The maximum atomic E-state index is 2.46. The summed E-state index contributed by atoms with van der Waals surface area (Å²) in [7, 11) is 0. The summed E-state index contributed by atoms with van der Waals surface area (Å²) in [5.74, 6) is 0. The first-order chi connectivity index (χ1) is 19.2. The van der Waals surface area contributed by atoms with Crippen molar-refractivity contribution in [2.45, 2.75) is 26.7 Å². The summed E-state index contributed by atoms with van der Waals surface area (Å²) in [4.78, 5) is 1.37. The standard InChI is InChI=1S/C38H30S/c1-25(24-35-26(2)39-36-23-13-12-17-29(35)36)37-31-19-8-10-21-33(31)38(34-22-11-9-20-32(34)37)30-18-7-6-16-28(30)27-14-4-3-5-15-27/h3-5,8-24H,6-7H2,1-2H3/b25-24+.